The predicted molar refractivity (Wildman–Crippen MR) is 83.6 cm³/mol. The average Bonchev–Trinajstić information content (AvgIpc) is 2.47. The maximum atomic E-state index is 9.00. The van der Waals surface area contributed by atoms with Crippen LogP contribution in [0.3, 0.4) is 0 Å². The Hall–Kier alpha value is -1.59. The molecule has 0 radical (unpaired) electrons. The van der Waals surface area contributed by atoms with Gasteiger partial charge in [-0.2, -0.15) is 0 Å². The molecule has 2 unspecified atom stereocenters. The van der Waals surface area contributed by atoms with Crippen molar-refractivity contribution >= 4 is 5.84 Å². The number of nitrogens with two attached hydrogens (primary N) is 1. The number of oxime groups is 1. The minimum absolute atomic E-state index is 0.0885. The predicted octanol–water partition coefficient (Wildman–Crippen LogP) is 2.06. The second-order valence-electron chi connectivity index (χ2n) is 6.19. The van der Waals surface area contributed by atoms with Gasteiger partial charge in [0.25, 0.3) is 0 Å². The van der Waals surface area contributed by atoms with Crippen molar-refractivity contribution in [3.8, 4) is 0 Å². The van der Waals surface area contributed by atoms with Crippen LogP contribution in [0.1, 0.15) is 38.2 Å². The Morgan fingerprint density at radius 2 is 2.19 bits per heavy atom. The van der Waals surface area contributed by atoms with Gasteiger partial charge >= 0.3 is 0 Å². The molecule has 21 heavy (non-hydrogen) atoms. The highest BCUT2D eigenvalue weighted by Gasteiger charge is 2.29. The molecular formula is C16H25N3O2. The summed E-state index contributed by atoms with van der Waals surface area (Å²) in [6, 6.07) is 10.3. The molecule has 1 heterocycles. The van der Waals surface area contributed by atoms with Crippen LogP contribution in [0.25, 0.3) is 0 Å². The molecule has 1 aromatic carbocycles. The summed E-state index contributed by atoms with van der Waals surface area (Å²) in [4.78, 5) is 0. The molecule has 0 spiro atoms. The molecule has 1 aliphatic heterocycles. The lowest BCUT2D eigenvalue weighted by Crippen LogP contribution is -2.45. The lowest BCUT2D eigenvalue weighted by molar-refractivity contribution is -0.0627. The van der Waals surface area contributed by atoms with Crippen LogP contribution in [0.2, 0.25) is 0 Å². The normalized spacial score (nSPS) is 23.7. The van der Waals surface area contributed by atoms with Crippen molar-refractivity contribution in [2.24, 2.45) is 10.9 Å². The Balaban J connectivity index is 2.00. The summed E-state index contributed by atoms with van der Waals surface area (Å²) in [7, 11) is 0. The maximum absolute atomic E-state index is 9.00. The van der Waals surface area contributed by atoms with E-state index in [0.29, 0.717) is 12.6 Å². The van der Waals surface area contributed by atoms with Crippen LogP contribution in [-0.2, 0) is 4.74 Å². The van der Waals surface area contributed by atoms with Gasteiger partial charge in [-0.3, -0.25) is 0 Å². The number of nitrogens with one attached hydrogen (secondary N) is 1. The van der Waals surface area contributed by atoms with Crippen LogP contribution in [0, 0.1) is 0 Å². The van der Waals surface area contributed by atoms with Crippen LogP contribution in [0.15, 0.2) is 35.5 Å². The number of rotatable bonds is 5. The Bertz CT molecular complexity index is 474. The van der Waals surface area contributed by atoms with Crippen LogP contribution in [-0.4, -0.2) is 35.8 Å². The third-order valence-electron chi connectivity index (χ3n) is 3.98. The van der Waals surface area contributed by atoms with E-state index in [4.69, 9.17) is 15.7 Å². The fourth-order valence-electron chi connectivity index (χ4n) is 2.84. The number of amidine groups is 1. The van der Waals surface area contributed by atoms with Crippen molar-refractivity contribution in [3.63, 3.8) is 0 Å². The summed E-state index contributed by atoms with van der Waals surface area (Å²) in [5.74, 6) is 0.113. The molecule has 5 nitrogen and oxygen atoms in total. The van der Waals surface area contributed by atoms with Crippen LogP contribution in [0.5, 0.6) is 0 Å². The fourth-order valence-corrected chi connectivity index (χ4v) is 2.84. The molecule has 2 atom stereocenters. The van der Waals surface area contributed by atoms with E-state index in [9.17, 15) is 0 Å². The van der Waals surface area contributed by atoms with Gasteiger partial charge in [-0.1, -0.05) is 35.5 Å². The molecular weight excluding hydrogens is 266 g/mol. The van der Waals surface area contributed by atoms with Gasteiger partial charge in [0.05, 0.1) is 11.5 Å². The van der Waals surface area contributed by atoms with E-state index in [1.807, 2.05) is 30.3 Å². The summed E-state index contributed by atoms with van der Waals surface area (Å²) < 4.78 is 5.73. The molecule has 0 saturated carbocycles. The summed E-state index contributed by atoms with van der Waals surface area (Å²) in [6.45, 7) is 5.64. The summed E-state index contributed by atoms with van der Waals surface area (Å²) in [5.41, 5.74) is 6.81. The maximum Gasteiger partial charge on any atom is 0.147 e. The Labute approximate surface area is 126 Å². The number of nitrogens with zero attached hydrogens (tertiary/aromatic N) is 1. The molecule has 0 amide bonds. The zero-order chi connectivity index (χ0) is 15.3. The molecule has 1 aliphatic rings. The zero-order valence-electron chi connectivity index (χ0n) is 12.7. The SMILES string of the molecule is CC1(C)CC(NCC(/C(N)=N/O)c2ccccc2)CCO1. The van der Waals surface area contributed by atoms with E-state index in [0.717, 1.165) is 25.0 Å². The second kappa shape index (κ2) is 6.91. The van der Waals surface area contributed by atoms with Crippen molar-refractivity contribution in [1.82, 2.24) is 5.32 Å². The van der Waals surface area contributed by atoms with E-state index < -0.39 is 0 Å². The third-order valence-corrected chi connectivity index (χ3v) is 3.98. The first-order valence-corrected chi connectivity index (χ1v) is 7.41. The van der Waals surface area contributed by atoms with Gasteiger partial charge in [-0.05, 0) is 32.3 Å². The molecule has 116 valence electrons. The molecule has 1 saturated heterocycles. The smallest absolute Gasteiger partial charge is 0.147 e. The molecule has 1 aromatic rings. The van der Waals surface area contributed by atoms with Gasteiger partial charge in [0.15, 0.2) is 0 Å². The topological polar surface area (TPSA) is 79.9 Å². The minimum atomic E-state index is -0.123. The minimum Gasteiger partial charge on any atom is -0.409 e. The molecule has 5 heteroatoms. The summed E-state index contributed by atoms with van der Waals surface area (Å²) in [5, 5.41) is 15.7. The Morgan fingerprint density at radius 3 is 2.81 bits per heavy atom. The number of benzene rings is 1. The third kappa shape index (κ3) is 4.44. The molecule has 0 aromatic heterocycles. The fraction of sp³-hybridized carbons (Fsp3) is 0.562. The standard InChI is InChI=1S/C16H25N3O2/c1-16(2)10-13(8-9-21-16)18-11-14(15(17)19-20)12-6-4-3-5-7-12/h3-7,13-14,18,20H,8-11H2,1-2H3,(H2,17,19). The van der Waals surface area contributed by atoms with E-state index >= 15 is 0 Å². The van der Waals surface area contributed by atoms with Crippen molar-refractivity contribution in [2.75, 3.05) is 13.2 Å². The lowest BCUT2D eigenvalue weighted by Gasteiger charge is -2.36. The first-order valence-electron chi connectivity index (χ1n) is 7.41. The van der Waals surface area contributed by atoms with Gasteiger partial charge in [-0.25, -0.2) is 0 Å². The highest BCUT2D eigenvalue weighted by Crippen LogP contribution is 2.24. The van der Waals surface area contributed by atoms with Gasteiger partial charge in [0.1, 0.15) is 5.84 Å². The summed E-state index contributed by atoms with van der Waals surface area (Å²) >= 11 is 0. The highest BCUT2D eigenvalue weighted by atomic mass is 16.5. The molecule has 0 bridgehead atoms. The Morgan fingerprint density at radius 1 is 1.48 bits per heavy atom. The van der Waals surface area contributed by atoms with E-state index in [2.05, 4.69) is 24.3 Å². The lowest BCUT2D eigenvalue weighted by atomic mass is 9.92. The molecule has 4 N–H and O–H groups in total. The van der Waals surface area contributed by atoms with Crippen LogP contribution >= 0.6 is 0 Å². The largest absolute Gasteiger partial charge is 0.409 e. The van der Waals surface area contributed by atoms with Crippen molar-refractivity contribution < 1.29 is 9.94 Å². The highest BCUT2D eigenvalue weighted by molar-refractivity contribution is 5.87. The van der Waals surface area contributed by atoms with E-state index in [-0.39, 0.29) is 17.4 Å². The zero-order valence-corrected chi connectivity index (χ0v) is 12.7. The summed E-state index contributed by atoms with van der Waals surface area (Å²) in [6.07, 6.45) is 1.95. The first-order chi connectivity index (χ1) is 10.0. The van der Waals surface area contributed by atoms with E-state index in [1.165, 1.54) is 0 Å². The molecule has 1 fully saturated rings. The van der Waals surface area contributed by atoms with Crippen LogP contribution < -0.4 is 11.1 Å². The van der Waals surface area contributed by atoms with Crippen molar-refractivity contribution in [1.29, 1.82) is 0 Å². The van der Waals surface area contributed by atoms with E-state index in [1.54, 1.807) is 0 Å². The number of hydrogen-bond acceptors (Lipinski definition) is 4. The second-order valence-corrected chi connectivity index (χ2v) is 6.19. The number of ether oxygens (including phenoxy) is 1. The van der Waals surface area contributed by atoms with Gasteiger partial charge in [-0.15, -0.1) is 0 Å². The Kier molecular flexibility index (Phi) is 5.20. The van der Waals surface area contributed by atoms with Gasteiger partial charge in [0, 0.05) is 19.2 Å². The number of hydrogen-bond donors (Lipinski definition) is 3. The van der Waals surface area contributed by atoms with Crippen molar-refractivity contribution in [2.45, 2.75) is 44.2 Å². The molecule has 0 aliphatic carbocycles. The first kappa shape index (κ1) is 15.8. The van der Waals surface area contributed by atoms with Gasteiger partial charge in [0.2, 0.25) is 0 Å². The average molecular weight is 291 g/mol. The quantitative estimate of drug-likeness (QED) is 0.336. The monoisotopic (exact) mass is 291 g/mol. The van der Waals surface area contributed by atoms with Gasteiger partial charge < -0.3 is 21.0 Å². The molecule has 2 rings (SSSR count). The van der Waals surface area contributed by atoms with Crippen molar-refractivity contribution in [3.05, 3.63) is 35.9 Å². The van der Waals surface area contributed by atoms with Crippen LogP contribution in [0.4, 0.5) is 0 Å².